The van der Waals surface area contributed by atoms with Gasteiger partial charge in [-0.1, -0.05) is 12.1 Å². The van der Waals surface area contributed by atoms with Gasteiger partial charge in [0.05, 0.1) is 11.3 Å². The van der Waals surface area contributed by atoms with Gasteiger partial charge in [0.25, 0.3) is 0 Å². The number of carbonyl (C=O) groups is 1. The number of aliphatic hydroxyl groups is 1. The molecule has 7 heteroatoms. The number of aryl methyl sites for hydroxylation is 1. The quantitative estimate of drug-likeness (QED) is 0.570. The lowest BCUT2D eigenvalue weighted by Gasteiger charge is -2.21. The Labute approximate surface area is 157 Å². The van der Waals surface area contributed by atoms with Crippen LogP contribution in [0.3, 0.4) is 0 Å². The molecular formula is C20H23N5O2. The van der Waals surface area contributed by atoms with Gasteiger partial charge in [-0.15, -0.1) is 0 Å². The molecule has 4 N–H and O–H groups in total. The van der Waals surface area contributed by atoms with E-state index < -0.39 is 5.60 Å². The standard InChI is InChI=1S/C20H23N5O2/c1-14-6-9-25-11-17(24-18(25)10-14)15-2-4-16(5-3-15)23-19(26)22-13-20(27)7-8-21-12-20/h2-6,9-11,21,27H,7-8,12-13H2,1H3,(H2,22,23,26)/t20-/m0/s1. The van der Waals surface area contributed by atoms with E-state index in [1.54, 1.807) is 0 Å². The molecule has 140 valence electrons. The number of hydrogen-bond donors (Lipinski definition) is 4. The van der Waals surface area contributed by atoms with Gasteiger partial charge in [-0.25, -0.2) is 9.78 Å². The predicted octanol–water partition coefficient (Wildman–Crippen LogP) is 2.16. The van der Waals surface area contributed by atoms with Crippen molar-refractivity contribution in [2.45, 2.75) is 18.9 Å². The van der Waals surface area contributed by atoms with Crippen molar-refractivity contribution in [3.8, 4) is 11.3 Å². The van der Waals surface area contributed by atoms with Crippen LogP contribution in [0, 0.1) is 6.92 Å². The third-order valence-electron chi connectivity index (χ3n) is 4.85. The van der Waals surface area contributed by atoms with Crippen molar-refractivity contribution < 1.29 is 9.90 Å². The van der Waals surface area contributed by atoms with E-state index >= 15 is 0 Å². The van der Waals surface area contributed by atoms with E-state index in [4.69, 9.17) is 0 Å². The Kier molecular flexibility index (Phi) is 4.55. The Bertz CT molecular complexity index is 958. The maximum atomic E-state index is 12.0. The lowest BCUT2D eigenvalue weighted by atomic mass is 10.0. The minimum absolute atomic E-state index is 0.227. The summed E-state index contributed by atoms with van der Waals surface area (Å²) in [6.07, 6.45) is 4.62. The lowest BCUT2D eigenvalue weighted by molar-refractivity contribution is 0.0640. The molecule has 0 radical (unpaired) electrons. The summed E-state index contributed by atoms with van der Waals surface area (Å²) in [5.41, 5.74) is 3.77. The molecule has 1 atom stereocenters. The van der Waals surface area contributed by atoms with Crippen molar-refractivity contribution in [2.24, 2.45) is 0 Å². The van der Waals surface area contributed by atoms with E-state index in [0.29, 0.717) is 18.7 Å². The maximum absolute atomic E-state index is 12.0. The molecule has 0 unspecified atom stereocenters. The number of rotatable bonds is 4. The van der Waals surface area contributed by atoms with Gasteiger partial charge in [0.2, 0.25) is 0 Å². The van der Waals surface area contributed by atoms with Crippen molar-refractivity contribution in [1.82, 2.24) is 20.0 Å². The van der Waals surface area contributed by atoms with E-state index in [0.717, 1.165) is 23.4 Å². The van der Waals surface area contributed by atoms with Crippen LogP contribution in [0.1, 0.15) is 12.0 Å². The van der Waals surface area contributed by atoms with Gasteiger partial charge < -0.3 is 25.5 Å². The highest BCUT2D eigenvalue weighted by atomic mass is 16.3. The van der Waals surface area contributed by atoms with Crippen LogP contribution < -0.4 is 16.0 Å². The van der Waals surface area contributed by atoms with Crippen molar-refractivity contribution in [3.05, 3.63) is 54.4 Å². The molecule has 1 saturated heterocycles. The van der Waals surface area contributed by atoms with Crippen LogP contribution >= 0.6 is 0 Å². The van der Waals surface area contributed by atoms with Gasteiger partial charge in [0.15, 0.2) is 0 Å². The normalized spacial score (nSPS) is 19.3. The van der Waals surface area contributed by atoms with Gasteiger partial charge in [-0.05, 0) is 49.7 Å². The summed E-state index contributed by atoms with van der Waals surface area (Å²) in [7, 11) is 0. The summed E-state index contributed by atoms with van der Waals surface area (Å²) < 4.78 is 1.99. The van der Waals surface area contributed by atoms with Crippen LogP contribution in [0.5, 0.6) is 0 Å². The molecule has 1 aliphatic heterocycles. The number of imidazole rings is 1. The molecular weight excluding hydrogens is 342 g/mol. The Hall–Kier alpha value is -2.90. The Morgan fingerprint density at radius 3 is 2.89 bits per heavy atom. The number of benzene rings is 1. The molecule has 0 bridgehead atoms. The van der Waals surface area contributed by atoms with Crippen molar-refractivity contribution in [3.63, 3.8) is 0 Å². The molecule has 1 aromatic carbocycles. The molecule has 3 aromatic rings. The highest BCUT2D eigenvalue weighted by molar-refractivity contribution is 5.89. The fraction of sp³-hybridized carbons (Fsp3) is 0.300. The number of carbonyl (C=O) groups excluding carboxylic acids is 1. The van der Waals surface area contributed by atoms with Crippen LogP contribution in [0.15, 0.2) is 48.8 Å². The summed E-state index contributed by atoms with van der Waals surface area (Å²) in [6.45, 7) is 3.54. The number of anilines is 1. The Morgan fingerprint density at radius 1 is 1.33 bits per heavy atom. The van der Waals surface area contributed by atoms with Crippen LogP contribution in [0.4, 0.5) is 10.5 Å². The number of pyridine rings is 1. The molecule has 3 heterocycles. The summed E-state index contributed by atoms with van der Waals surface area (Å²) in [6, 6.07) is 11.3. The Balaban J connectivity index is 1.40. The van der Waals surface area contributed by atoms with Gasteiger partial charge >= 0.3 is 6.03 Å². The highest BCUT2D eigenvalue weighted by Crippen LogP contribution is 2.22. The van der Waals surface area contributed by atoms with Crippen molar-refractivity contribution in [2.75, 3.05) is 25.0 Å². The monoisotopic (exact) mass is 365 g/mol. The second kappa shape index (κ2) is 7.02. The predicted molar refractivity (Wildman–Crippen MR) is 105 cm³/mol. The van der Waals surface area contributed by atoms with E-state index in [1.165, 1.54) is 5.56 Å². The molecule has 1 fully saturated rings. The van der Waals surface area contributed by atoms with Crippen LogP contribution in [0.25, 0.3) is 16.9 Å². The van der Waals surface area contributed by atoms with Crippen LogP contribution in [0.2, 0.25) is 0 Å². The number of nitrogens with one attached hydrogen (secondary N) is 3. The van der Waals surface area contributed by atoms with Gasteiger partial charge in [-0.2, -0.15) is 0 Å². The summed E-state index contributed by atoms with van der Waals surface area (Å²) in [4.78, 5) is 16.7. The number of aromatic nitrogens is 2. The van der Waals surface area contributed by atoms with Gasteiger partial charge in [0.1, 0.15) is 5.65 Å². The zero-order valence-corrected chi connectivity index (χ0v) is 15.2. The van der Waals surface area contributed by atoms with E-state index in [9.17, 15) is 9.90 Å². The smallest absolute Gasteiger partial charge is 0.319 e. The van der Waals surface area contributed by atoms with Gasteiger partial charge in [0, 0.05) is 36.7 Å². The molecule has 2 aromatic heterocycles. The molecule has 2 amide bonds. The molecule has 4 rings (SSSR count). The fourth-order valence-electron chi connectivity index (χ4n) is 3.25. The van der Waals surface area contributed by atoms with E-state index in [2.05, 4.69) is 20.9 Å². The zero-order valence-electron chi connectivity index (χ0n) is 15.2. The highest BCUT2D eigenvalue weighted by Gasteiger charge is 2.31. The molecule has 0 saturated carbocycles. The summed E-state index contributed by atoms with van der Waals surface area (Å²) >= 11 is 0. The van der Waals surface area contributed by atoms with Gasteiger partial charge in [-0.3, -0.25) is 0 Å². The lowest BCUT2D eigenvalue weighted by Crippen LogP contribution is -2.45. The molecule has 7 nitrogen and oxygen atoms in total. The second-order valence-corrected chi connectivity index (χ2v) is 7.13. The number of amides is 2. The molecule has 1 aliphatic rings. The third-order valence-corrected chi connectivity index (χ3v) is 4.85. The molecule has 0 spiro atoms. The zero-order chi connectivity index (χ0) is 18.9. The topological polar surface area (TPSA) is 90.7 Å². The number of fused-ring (bicyclic) bond motifs is 1. The number of hydrogen-bond acceptors (Lipinski definition) is 4. The minimum atomic E-state index is -0.858. The first kappa shape index (κ1) is 17.5. The first-order valence-corrected chi connectivity index (χ1v) is 9.05. The molecule has 27 heavy (non-hydrogen) atoms. The minimum Gasteiger partial charge on any atom is -0.387 e. The first-order chi connectivity index (χ1) is 13.0. The van der Waals surface area contributed by atoms with Crippen molar-refractivity contribution in [1.29, 1.82) is 0 Å². The van der Waals surface area contributed by atoms with E-state index in [-0.39, 0.29) is 12.6 Å². The summed E-state index contributed by atoms with van der Waals surface area (Å²) in [5, 5.41) is 18.8. The van der Waals surface area contributed by atoms with E-state index in [1.807, 2.05) is 60.1 Å². The largest absolute Gasteiger partial charge is 0.387 e. The average molecular weight is 365 g/mol. The Morgan fingerprint density at radius 2 is 2.15 bits per heavy atom. The average Bonchev–Trinajstić information content (AvgIpc) is 3.27. The SMILES string of the molecule is Cc1ccn2cc(-c3ccc(NC(=O)NC[C@]4(O)CCNC4)cc3)nc2c1. The number of nitrogens with zero attached hydrogens (tertiary/aromatic N) is 2. The maximum Gasteiger partial charge on any atom is 0.319 e. The fourth-order valence-corrected chi connectivity index (χ4v) is 3.25. The van der Waals surface area contributed by atoms with Crippen molar-refractivity contribution >= 4 is 17.4 Å². The van der Waals surface area contributed by atoms with Crippen LogP contribution in [-0.4, -0.2) is 45.8 Å². The van der Waals surface area contributed by atoms with Crippen LogP contribution in [-0.2, 0) is 0 Å². The molecule has 0 aliphatic carbocycles. The number of urea groups is 1. The number of β-amino-alcohol motifs (C(OH)–C–C–N with tert-alkyl or cyclic N) is 1. The third kappa shape index (κ3) is 3.94. The first-order valence-electron chi connectivity index (χ1n) is 9.05. The second-order valence-electron chi connectivity index (χ2n) is 7.13. The summed E-state index contributed by atoms with van der Waals surface area (Å²) in [5.74, 6) is 0.